The molecule has 1 amide bonds. The van der Waals surface area contributed by atoms with Gasteiger partial charge in [0, 0.05) is 18.8 Å². The lowest BCUT2D eigenvalue weighted by molar-refractivity contribution is -0.137. The van der Waals surface area contributed by atoms with Crippen molar-refractivity contribution in [2.45, 2.75) is 64.8 Å². The number of aromatic nitrogens is 1. The van der Waals surface area contributed by atoms with Gasteiger partial charge in [-0.05, 0) is 64.5 Å². The number of likely N-dealkylation sites (tertiary alicyclic amines) is 1. The van der Waals surface area contributed by atoms with Gasteiger partial charge in [-0.2, -0.15) is 13.2 Å². The number of aryl methyl sites for hydroxylation is 1. The van der Waals surface area contributed by atoms with Crippen LogP contribution in [-0.4, -0.2) is 40.7 Å². The molecule has 0 aromatic carbocycles. The highest BCUT2D eigenvalue weighted by molar-refractivity contribution is 5.69. The largest absolute Gasteiger partial charge is 0.444 e. The lowest BCUT2D eigenvalue weighted by Crippen LogP contribution is -2.42. The van der Waals surface area contributed by atoms with Crippen molar-refractivity contribution in [2.24, 2.45) is 5.41 Å². The van der Waals surface area contributed by atoms with E-state index in [1.54, 1.807) is 4.90 Å². The van der Waals surface area contributed by atoms with Crippen LogP contribution < -0.4 is 5.32 Å². The summed E-state index contributed by atoms with van der Waals surface area (Å²) in [7, 11) is 0. The van der Waals surface area contributed by atoms with Crippen LogP contribution in [0.5, 0.6) is 0 Å². The van der Waals surface area contributed by atoms with Crippen LogP contribution in [0.3, 0.4) is 0 Å². The van der Waals surface area contributed by atoms with Gasteiger partial charge in [0.15, 0.2) is 0 Å². The summed E-state index contributed by atoms with van der Waals surface area (Å²) in [5, 5.41) is 2.99. The number of nitrogens with zero attached hydrogens (tertiary/aromatic N) is 2. The average molecular weight is 385 g/mol. The second-order valence-corrected chi connectivity index (χ2v) is 8.73. The Morgan fingerprint density at radius 3 is 2.56 bits per heavy atom. The number of carbonyl (C=O) groups excluding carboxylic acids is 1. The van der Waals surface area contributed by atoms with Crippen LogP contribution in [0.2, 0.25) is 0 Å². The van der Waals surface area contributed by atoms with E-state index in [4.69, 9.17) is 4.74 Å². The van der Waals surface area contributed by atoms with Gasteiger partial charge in [-0.15, -0.1) is 0 Å². The molecule has 0 radical (unpaired) electrons. The topological polar surface area (TPSA) is 54.5 Å². The van der Waals surface area contributed by atoms with Crippen LogP contribution in [0.15, 0.2) is 12.1 Å². The molecular formula is C19H26F3N3O2. The third-order valence-corrected chi connectivity index (χ3v) is 5.00. The highest BCUT2D eigenvalue weighted by Gasteiger charge is 2.53. The number of amides is 1. The Morgan fingerprint density at radius 2 is 2.00 bits per heavy atom. The lowest BCUT2D eigenvalue weighted by atomic mass is 10.0. The van der Waals surface area contributed by atoms with Crippen LogP contribution in [0.25, 0.3) is 0 Å². The summed E-state index contributed by atoms with van der Waals surface area (Å²) in [5.41, 5.74) is -0.873. The van der Waals surface area contributed by atoms with E-state index in [9.17, 15) is 18.0 Å². The van der Waals surface area contributed by atoms with Gasteiger partial charge in [0.1, 0.15) is 11.4 Å². The van der Waals surface area contributed by atoms with Crippen molar-refractivity contribution in [3.05, 3.63) is 23.4 Å². The van der Waals surface area contributed by atoms with Gasteiger partial charge in [-0.25, -0.2) is 9.78 Å². The van der Waals surface area contributed by atoms with Crippen LogP contribution in [0.4, 0.5) is 23.8 Å². The van der Waals surface area contributed by atoms with Crippen molar-refractivity contribution in [2.75, 3.05) is 18.4 Å². The fourth-order valence-corrected chi connectivity index (χ4v) is 3.57. The van der Waals surface area contributed by atoms with E-state index < -0.39 is 17.3 Å². The predicted octanol–water partition coefficient (Wildman–Crippen LogP) is 4.61. The van der Waals surface area contributed by atoms with E-state index >= 15 is 0 Å². The lowest BCUT2D eigenvalue weighted by Gasteiger charge is -2.29. The van der Waals surface area contributed by atoms with Gasteiger partial charge < -0.3 is 15.0 Å². The SMILES string of the molecule is Cc1cc(C(F)(F)F)cc(NC[C@@H]2CC3(CC3)CN2C(=O)OC(C)(C)C)n1. The first kappa shape index (κ1) is 19.8. The Bertz CT molecular complexity index is 724. The van der Waals surface area contributed by atoms with Crippen LogP contribution >= 0.6 is 0 Å². The molecule has 1 aromatic rings. The maximum Gasteiger partial charge on any atom is 0.416 e. The van der Waals surface area contributed by atoms with E-state index in [2.05, 4.69) is 10.3 Å². The standard InChI is InChI=1S/C19H26F3N3O2/c1-12-7-13(19(20,21)22)8-15(24-12)23-10-14-9-18(5-6-18)11-25(14)16(26)27-17(2,3)4/h7-8,14H,5-6,9-11H2,1-4H3,(H,23,24)/t14-/m0/s1. The predicted molar refractivity (Wildman–Crippen MR) is 95.5 cm³/mol. The number of hydrogen-bond donors (Lipinski definition) is 1. The van der Waals surface area contributed by atoms with E-state index in [1.165, 1.54) is 6.92 Å². The third kappa shape index (κ3) is 4.84. The number of halogens is 3. The Labute approximate surface area is 157 Å². The summed E-state index contributed by atoms with van der Waals surface area (Å²) in [6.07, 6.45) is -1.81. The molecule has 1 aliphatic heterocycles. The van der Waals surface area contributed by atoms with Crippen molar-refractivity contribution < 1.29 is 22.7 Å². The van der Waals surface area contributed by atoms with Crippen molar-refractivity contribution in [3.63, 3.8) is 0 Å². The van der Waals surface area contributed by atoms with Crippen molar-refractivity contribution in [1.29, 1.82) is 0 Å². The van der Waals surface area contributed by atoms with Crippen LogP contribution in [-0.2, 0) is 10.9 Å². The molecular weight excluding hydrogens is 359 g/mol. The molecule has 8 heteroatoms. The maximum atomic E-state index is 13.0. The summed E-state index contributed by atoms with van der Waals surface area (Å²) in [4.78, 5) is 18.4. The number of hydrogen-bond acceptors (Lipinski definition) is 4. The molecule has 1 aromatic heterocycles. The van der Waals surface area contributed by atoms with Crippen molar-refractivity contribution in [1.82, 2.24) is 9.88 Å². The second kappa shape index (κ2) is 6.56. The average Bonchev–Trinajstić information content (AvgIpc) is 3.14. The van der Waals surface area contributed by atoms with Crippen molar-refractivity contribution in [3.8, 4) is 0 Å². The van der Waals surface area contributed by atoms with Crippen molar-refractivity contribution >= 4 is 11.9 Å². The van der Waals surface area contributed by atoms with Crippen LogP contribution in [0.1, 0.15) is 51.3 Å². The van der Waals surface area contributed by atoms with Gasteiger partial charge in [0.2, 0.25) is 0 Å². The number of ether oxygens (including phenoxy) is 1. The number of rotatable bonds is 3. The quantitative estimate of drug-likeness (QED) is 0.826. The summed E-state index contributed by atoms with van der Waals surface area (Å²) >= 11 is 0. The monoisotopic (exact) mass is 385 g/mol. The van der Waals surface area contributed by atoms with Gasteiger partial charge in [-0.3, -0.25) is 0 Å². The molecule has 1 aliphatic carbocycles. The minimum atomic E-state index is -4.42. The summed E-state index contributed by atoms with van der Waals surface area (Å²) < 4.78 is 44.5. The molecule has 1 saturated carbocycles. The van der Waals surface area contributed by atoms with E-state index in [0.717, 1.165) is 31.4 Å². The normalized spacial score (nSPS) is 21.4. The van der Waals surface area contributed by atoms with Crippen LogP contribution in [0, 0.1) is 12.3 Å². The molecule has 1 N–H and O–H groups in total. The van der Waals surface area contributed by atoms with E-state index in [1.807, 2.05) is 20.8 Å². The summed E-state index contributed by atoms with van der Waals surface area (Å²) in [6.45, 7) is 7.96. The number of nitrogens with one attached hydrogen (secondary N) is 1. The highest BCUT2D eigenvalue weighted by atomic mass is 19.4. The fraction of sp³-hybridized carbons (Fsp3) is 0.684. The number of carbonyl (C=O) groups is 1. The van der Waals surface area contributed by atoms with Gasteiger partial charge >= 0.3 is 12.3 Å². The molecule has 150 valence electrons. The zero-order valence-electron chi connectivity index (χ0n) is 16.1. The Morgan fingerprint density at radius 1 is 1.33 bits per heavy atom. The van der Waals surface area contributed by atoms with E-state index in [0.29, 0.717) is 18.8 Å². The number of alkyl halides is 3. The Hall–Kier alpha value is -1.99. The maximum absolute atomic E-state index is 13.0. The molecule has 2 aliphatic rings. The first-order chi connectivity index (χ1) is 12.4. The molecule has 27 heavy (non-hydrogen) atoms. The number of anilines is 1. The van der Waals surface area contributed by atoms with Gasteiger partial charge in [0.05, 0.1) is 11.6 Å². The Balaban J connectivity index is 1.70. The zero-order chi connectivity index (χ0) is 20.0. The minimum Gasteiger partial charge on any atom is -0.444 e. The van der Waals surface area contributed by atoms with Gasteiger partial charge in [-0.1, -0.05) is 0 Å². The molecule has 3 rings (SSSR count). The molecule has 2 heterocycles. The Kier molecular flexibility index (Phi) is 4.80. The first-order valence-corrected chi connectivity index (χ1v) is 9.16. The fourth-order valence-electron chi connectivity index (χ4n) is 3.57. The second-order valence-electron chi connectivity index (χ2n) is 8.73. The number of pyridine rings is 1. The molecule has 0 unspecified atom stereocenters. The minimum absolute atomic E-state index is 0.126. The highest BCUT2D eigenvalue weighted by Crippen LogP contribution is 2.55. The molecule has 1 atom stereocenters. The molecule has 5 nitrogen and oxygen atoms in total. The smallest absolute Gasteiger partial charge is 0.416 e. The zero-order valence-corrected chi connectivity index (χ0v) is 16.1. The summed E-state index contributed by atoms with van der Waals surface area (Å²) in [5.74, 6) is 0.170. The third-order valence-electron chi connectivity index (χ3n) is 5.00. The summed E-state index contributed by atoms with van der Waals surface area (Å²) in [6, 6.07) is 1.90. The molecule has 1 saturated heterocycles. The van der Waals surface area contributed by atoms with E-state index in [-0.39, 0.29) is 23.4 Å². The molecule has 1 spiro atoms. The first-order valence-electron chi connectivity index (χ1n) is 9.16. The molecule has 0 bridgehead atoms. The molecule has 2 fully saturated rings. The van der Waals surface area contributed by atoms with Gasteiger partial charge in [0.25, 0.3) is 0 Å².